The molecule has 2 aliphatic rings. The third-order valence-corrected chi connectivity index (χ3v) is 6.25. The molecule has 2 aromatic carbocycles. The van der Waals surface area contributed by atoms with E-state index in [9.17, 15) is 19.5 Å². The van der Waals surface area contributed by atoms with Gasteiger partial charge in [-0.05, 0) is 42.0 Å². The number of nitrogens with one attached hydrogen (secondary N) is 1. The normalized spacial score (nSPS) is 15.2. The van der Waals surface area contributed by atoms with E-state index in [1.54, 1.807) is 0 Å². The first-order valence-corrected chi connectivity index (χ1v) is 11.1. The summed E-state index contributed by atoms with van der Waals surface area (Å²) in [5, 5.41) is 15.5. The van der Waals surface area contributed by atoms with E-state index in [1.165, 1.54) is 17.9 Å². The summed E-state index contributed by atoms with van der Waals surface area (Å²) < 4.78 is 10.5. The number of aromatic nitrogens is 1. The molecule has 0 saturated heterocycles. The number of nitrogens with zero attached hydrogens (tertiary/aromatic N) is 2. The number of benzene rings is 2. The highest BCUT2D eigenvalue weighted by Crippen LogP contribution is 2.44. The fourth-order valence-electron chi connectivity index (χ4n) is 4.43. The van der Waals surface area contributed by atoms with Crippen LogP contribution in [-0.2, 0) is 9.53 Å². The summed E-state index contributed by atoms with van der Waals surface area (Å²) in [4.78, 5) is 37.9. The van der Waals surface area contributed by atoms with E-state index in [0.29, 0.717) is 0 Å². The second kappa shape index (κ2) is 8.66. The first-order chi connectivity index (χ1) is 16.4. The number of aliphatic carboxylic acids is 1. The maximum absolute atomic E-state index is 12.8. The van der Waals surface area contributed by atoms with Crippen molar-refractivity contribution in [3.63, 3.8) is 0 Å². The largest absolute Gasteiger partial charge is 0.480 e. The number of hydrogen-bond donors (Lipinski definition) is 2. The number of anilines is 1. The molecule has 0 radical (unpaired) electrons. The Morgan fingerprint density at radius 2 is 1.74 bits per heavy atom. The van der Waals surface area contributed by atoms with Crippen LogP contribution < -0.4 is 5.32 Å². The summed E-state index contributed by atoms with van der Waals surface area (Å²) in [6, 6.07) is 16.2. The zero-order valence-electron chi connectivity index (χ0n) is 18.4. The third kappa shape index (κ3) is 4.00. The molecule has 174 valence electrons. The van der Waals surface area contributed by atoms with Crippen molar-refractivity contribution >= 4 is 23.9 Å². The smallest absolute Gasteiger partial charge is 0.414 e. The quantitative estimate of drug-likeness (QED) is 0.543. The van der Waals surface area contributed by atoms with Crippen molar-refractivity contribution in [2.24, 2.45) is 0 Å². The van der Waals surface area contributed by atoms with E-state index >= 15 is 0 Å². The van der Waals surface area contributed by atoms with Crippen LogP contribution in [0.5, 0.6) is 0 Å². The molecular weight excluding hydrogens is 438 g/mol. The molecule has 1 atom stereocenters. The van der Waals surface area contributed by atoms with Crippen molar-refractivity contribution in [1.82, 2.24) is 10.1 Å². The molecule has 1 unspecified atom stereocenters. The van der Waals surface area contributed by atoms with Gasteiger partial charge in [-0.2, -0.15) is 0 Å². The van der Waals surface area contributed by atoms with Gasteiger partial charge in [0.05, 0.1) is 0 Å². The van der Waals surface area contributed by atoms with Crippen LogP contribution in [0.25, 0.3) is 11.1 Å². The molecule has 0 bridgehead atoms. The Balaban J connectivity index is 1.24. The van der Waals surface area contributed by atoms with Gasteiger partial charge in [0.1, 0.15) is 12.6 Å². The molecule has 2 aliphatic carbocycles. The fourth-order valence-corrected chi connectivity index (χ4v) is 4.43. The highest BCUT2D eigenvalue weighted by atomic mass is 16.6. The van der Waals surface area contributed by atoms with Gasteiger partial charge >= 0.3 is 12.1 Å². The number of rotatable bonds is 7. The zero-order valence-corrected chi connectivity index (χ0v) is 18.4. The summed E-state index contributed by atoms with van der Waals surface area (Å²) in [7, 11) is 0. The van der Waals surface area contributed by atoms with E-state index in [4.69, 9.17) is 9.26 Å². The first-order valence-electron chi connectivity index (χ1n) is 11.1. The van der Waals surface area contributed by atoms with Gasteiger partial charge in [0.2, 0.25) is 5.88 Å². The van der Waals surface area contributed by atoms with Crippen molar-refractivity contribution in [1.29, 1.82) is 0 Å². The van der Waals surface area contributed by atoms with Crippen LogP contribution in [0.1, 0.15) is 47.3 Å². The number of ether oxygens (including phenoxy) is 1. The molecule has 5 rings (SSSR count). The van der Waals surface area contributed by atoms with E-state index in [0.717, 1.165) is 35.1 Å². The van der Waals surface area contributed by atoms with Crippen LogP contribution in [0.15, 0.2) is 59.1 Å². The number of fused-ring (bicyclic) bond motifs is 3. The average Bonchev–Trinajstić information content (AvgIpc) is 3.47. The van der Waals surface area contributed by atoms with Gasteiger partial charge in [-0.1, -0.05) is 53.7 Å². The van der Waals surface area contributed by atoms with Gasteiger partial charge in [-0.3, -0.25) is 10.1 Å². The molecule has 0 aliphatic heterocycles. The fraction of sp³-hybridized carbons (Fsp3) is 0.280. The topological polar surface area (TPSA) is 122 Å². The van der Waals surface area contributed by atoms with Crippen molar-refractivity contribution in [2.75, 3.05) is 11.9 Å². The molecule has 1 aromatic heterocycles. The van der Waals surface area contributed by atoms with Gasteiger partial charge in [0.25, 0.3) is 5.91 Å². The third-order valence-electron chi connectivity index (χ3n) is 6.25. The lowest BCUT2D eigenvalue weighted by atomic mass is 9.98. The average molecular weight is 461 g/mol. The van der Waals surface area contributed by atoms with Crippen molar-refractivity contribution in [2.45, 2.75) is 37.8 Å². The number of amides is 2. The molecule has 3 aromatic rings. The SMILES string of the molecule is CC(C(=O)O)N(C(=O)c1cc(NC(=O)OCC2c3ccccc3-c3ccccc32)on1)C1CC1. The lowest BCUT2D eigenvalue weighted by molar-refractivity contribution is -0.141. The molecule has 2 amide bonds. The van der Waals surface area contributed by atoms with E-state index in [-0.39, 0.29) is 30.1 Å². The van der Waals surface area contributed by atoms with Gasteiger partial charge in [-0.15, -0.1) is 0 Å². The number of carbonyl (C=O) groups excluding carboxylic acids is 2. The summed E-state index contributed by atoms with van der Waals surface area (Å²) in [5.41, 5.74) is 4.37. The highest BCUT2D eigenvalue weighted by molar-refractivity contribution is 5.96. The van der Waals surface area contributed by atoms with Gasteiger partial charge in [-0.25, -0.2) is 9.59 Å². The summed E-state index contributed by atoms with van der Waals surface area (Å²) in [6.45, 7) is 1.58. The van der Waals surface area contributed by atoms with Crippen molar-refractivity contribution < 1.29 is 28.8 Å². The summed E-state index contributed by atoms with van der Waals surface area (Å²) in [5.74, 6) is -1.80. The predicted molar refractivity (Wildman–Crippen MR) is 121 cm³/mol. The molecule has 0 spiro atoms. The Morgan fingerprint density at radius 3 is 2.32 bits per heavy atom. The zero-order chi connectivity index (χ0) is 23.8. The monoisotopic (exact) mass is 461 g/mol. The lowest BCUT2D eigenvalue weighted by Gasteiger charge is -2.25. The lowest BCUT2D eigenvalue weighted by Crippen LogP contribution is -2.44. The number of carboxylic acids is 1. The minimum atomic E-state index is -1.10. The molecule has 1 heterocycles. The van der Waals surface area contributed by atoms with Gasteiger partial charge < -0.3 is 19.3 Å². The Morgan fingerprint density at radius 1 is 1.12 bits per heavy atom. The predicted octanol–water partition coefficient (Wildman–Crippen LogP) is 4.11. The van der Waals surface area contributed by atoms with Gasteiger partial charge in [0.15, 0.2) is 5.69 Å². The number of carboxylic acid groups (broad SMARTS) is 1. The van der Waals surface area contributed by atoms with E-state index in [2.05, 4.69) is 22.6 Å². The second-order valence-electron chi connectivity index (χ2n) is 8.48. The van der Waals surface area contributed by atoms with Crippen LogP contribution in [0.3, 0.4) is 0 Å². The van der Waals surface area contributed by atoms with E-state index in [1.807, 2.05) is 36.4 Å². The Bertz CT molecular complexity index is 1220. The van der Waals surface area contributed by atoms with Crippen molar-refractivity contribution in [3.05, 3.63) is 71.4 Å². The van der Waals surface area contributed by atoms with E-state index < -0.39 is 24.0 Å². The Hall–Kier alpha value is -4.14. The second-order valence-corrected chi connectivity index (χ2v) is 8.48. The van der Waals surface area contributed by atoms with Crippen LogP contribution in [0, 0.1) is 0 Å². The minimum Gasteiger partial charge on any atom is -0.480 e. The Kier molecular flexibility index (Phi) is 5.53. The number of hydrogen-bond acceptors (Lipinski definition) is 6. The van der Waals surface area contributed by atoms with Crippen LogP contribution >= 0.6 is 0 Å². The highest BCUT2D eigenvalue weighted by Gasteiger charge is 2.40. The molecule has 34 heavy (non-hydrogen) atoms. The van der Waals surface area contributed by atoms with Gasteiger partial charge in [0, 0.05) is 18.0 Å². The maximum atomic E-state index is 12.8. The van der Waals surface area contributed by atoms with Crippen LogP contribution in [-0.4, -0.2) is 51.8 Å². The molecule has 9 nitrogen and oxygen atoms in total. The molecular formula is C25H23N3O6. The minimum absolute atomic E-state index is 0.0562. The molecule has 1 saturated carbocycles. The molecule has 2 N–H and O–H groups in total. The van der Waals surface area contributed by atoms with Crippen molar-refractivity contribution in [3.8, 4) is 11.1 Å². The molecule has 9 heteroatoms. The standard InChI is InChI=1S/C25H23N3O6/c1-14(24(30)31)28(15-10-11-15)23(29)21-12-22(34-27-21)26-25(32)33-13-20-18-8-4-2-6-16(18)17-7-3-5-9-19(17)20/h2-9,12,14-15,20H,10-11,13H2,1H3,(H,26,32)(H,30,31). The summed E-state index contributed by atoms with van der Waals surface area (Å²) >= 11 is 0. The maximum Gasteiger partial charge on any atom is 0.414 e. The first kappa shape index (κ1) is 21.7. The molecule has 1 fully saturated rings. The number of carbonyl (C=O) groups is 3. The Labute approximate surface area is 195 Å². The summed E-state index contributed by atoms with van der Waals surface area (Å²) in [6.07, 6.45) is 0.743. The van der Waals surface area contributed by atoms with Crippen LogP contribution in [0.2, 0.25) is 0 Å². The van der Waals surface area contributed by atoms with Crippen LogP contribution in [0.4, 0.5) is 10.7 Å².